The van der Waals surface area contributed by atoms with Gasteiger partial charge in [-0.25, -0.2) is 4.39 Å². The second kappa shape index (κ2) is 6.96. The van der Waals surface area contributed by atoms with Gasteiger partial charge in [-0.2, -0.15) is 0 Å². The van der Waals surface area contributed by atoms with Gasteiger partial charge in [0.15, 0.2) is 0 Å². The largest absolute Gasteiger partial charge is 0.387 e. The van der Waals surface area contributed by atoms with E-state index in [4.69, 9.17) is 0 Å². The summed E-state index contributed by atoms with van der Waals surface area (Å²) >= 11 is 0. The minimum absolute atomic E-state index is 0.0975. The molecule has 2 N–H and O–H groups in total. The van der Waals surface area contributed by atoms with Crippen molar-refractivity contribution in [3.8, 4) is 0 Å². The molecule has 1 fully saturated rings. The highest BCUT2D eigenvalue weighted by atomic mass is 19.1. The van der Waals surface area contributed by atoms with Crippen molar-refractivity contribution in [2.45, 2.75) is 37.8 Å². The molecule has 1 aromatic carbocycles. The van der Waals surface area contributed by atoms with Crippen LogP contribution in [-0.2, 0) is 0 Å². The molecule has 1 amide bonds. The number of nitrogens with zero attached hydrogens (tertiary/aromatic N) is 1. The van der Waals surface area contributed by atoms with Crippen LogP contribution in [0.4, 0.5) is 4.39 Å². The van der Waals surface area contributed by atoms with E-state index in [0.29, 0.717) is 17.3 Å². The zero-order valence-electron chi connectivity index (χ0n) is 12.9. The Morgan fingerprint density at radius 2 is 1.96 bits per heavy atom. The molecule has 3 rings (SSSR count). The molecule has 4 nitrogen and oxygen atoms in total. The lowest BCUT2D eigenvalue weighted by Gasteiger charge is -2.17. The number of benzene rings is 1. The molecule has 122 valence electrons. The average molecular weight is 316 g/mol. The quantitative estimate of drug-likeness (QED) is 0.890. The molecule has 1 aromatic heterocycles. The van der Waals surface area contributed by atoms with Gasteiger partial charge in [-0.1, -0.05) is 25.0 Å². The smallest absolute Gasteiger partial charge is 0.268 e. The summed E-state index contributed by atoms with van der Waals surface area (Å²) in [4.78, 5) is 12.4. The van der Waals surface area contributed by atoms with Crippen molar-refractivity contribution in [1.29, 1.82) is 0 Å². The summed E-state index contributed by atoms with van der Waals surface area (Å²) in [5.41, 5.74) is 1.21. The highest BCUT2D eigenvalue weighted by Gasteiger charge is 2.21. The third-order valence-corrected chi connectivity index (χ3v) is 4.44. The van der Waals surface area contributed by atoms with Crippen molar-refractivity contribution in [2.75, 3.05) is 6.54 Å². The van der Waals surface area contributed by atoms with Crippen LogP contribution in [0.15, 0.2) is 42.6 Å². The minimum atomic E-state index is -0.852. The van der Waals surface area contributed by atoms with Crippen LogP contribution >= 0.6 is 0 Å². The lowest BCUT2D eigenvalue weighted by molar-refractivity contribution is 0.0905. The average Bonchev–Trinajstić information content (AvgIpc) is 3.23. The van der Waals surface area contributed by atoms with Crippen molar-refractivity contribution in [3.63, 3.8) is 0 Å². The lowest BCUT2D eigenvalue weighted by atomic mass is 10.1. The third kappa shape index (κ3) is 3.62. The maximum atomic E-state index is 12.9. The van der Waals surface area contributed by atoms with Gasteiger partial charge in [-0.05, 0) is 42.7 Å². The van der Waals surface area contributed by atoms with Crippen LogP contribution < -0.4 is 5.32 Å². The number of aliphatic hydroxyl groups is 1. The van der Waals surface area contributed by atoms with Gasteiger partial charge in [-0.15, -0.1) is 0 Å². The molecule has 5 heteroatoms. The maximum absolute atomic E-state index is 12.9. The van der Waals surface area contributed by atoms with Gasteiger partial charge < -0.3 is 15.0 Å². The lowest BCUT2D eigenvalue weighted by Crippen LogP contribution is -2.30. The number of carbonyl (C=O) groups is 1. The standard InChI is InChI=1S/C18H21FN2O2/c19-14-9-7-13(8-10-14)17(22)12-20-18(23)16-6-3-11-21(16)15-4-1-2-5-15/h3,6-11,15,17,22H,1-2,4-5,12H2,(H,20,23). The zero-order chi connectivity index (χ0) is 16.2. The van der Waals surface area contributed by atoms with Crippen LogP contribution in [0.1, 0.15) is 53.9 Å². The SMILES string of the molecule is O=C(NCC(O)c1ccc(F)cc1)c1cccn1C1CCCC1. The van der Waals surface area contributed by atoms with Gasteiger partial charge in [0.05, 0.1) is 6.10 Å². The Balaban J connectivity index is 1.61. The monoisotopic (exact) mass is 316 g/mol. The fourth-order valence-electron chi connectivity index (χ4n) is 3.17. The van der Waals surface area contributed by atoms with Crippen LogP contribution in [0.3, 0.4) is 0 Å². The zero-order valence-corrected chi connectivity index (χ0v) is 12.9. The molecule has 2 aromatic rings. The first-order chi connectivity index (χ1) is 11.1. The summed E-state index contributed by atoms with van der Waals surface area (Å²) in [5.74, 6) is -0.539. The van der Waals surface area contributed by atoms with E-state index in [-0.39, 0.29) is 18.3 Å². The predicted octanol–water partition coefficient (Wildman–Crippen LogP) is 3.21. The molecule has 1 heterocycles. The molecule has 0 aliphatic heterocycles. The minimum Gasteiger partial charge on any atom is -0.387 e. The first-order valence-corrected chi connectivity index (χ1v) is 8.03. The molecule has 1 aliphatic carbocycles. The molecule has 0 saturated heterocycles. The first-order valence-electron chi connectivity index (χ1n) is 8.03. The summed E-state index contributed by atoms with van der Waals surface area (Å²) in [7, 11) is 0. The Labute approximate surface area is 134 Å². The number of aliphatic hydroxyl groups excluding tert-OH is 1. The molecule has 23 heavy (non-hydrogen) atoms. The van der Waals surface area contributed by atoms with Gasteiger partial charge in [0.25, 0.3) is 5.91 Å². The van der Waals surface area contributed by atoms with E-state index >= 15 is 0 Å². The van der Waals surface area contributed by atoms with E-state index < -0.39 is 6.10 Å². The maximum Gasteiger partial charge on any atom is 0.268 e. The fraction of sp³-hybridized carbons (Fsp3) is 0.389. The van der Waals surface area contributed by atoms with E-state index in [1.165, 1.54) is 37.1 Å². The molecular weight excluding hydrogens is 295 g/mol. The Kier molecular flexibility index (Phi) is 4.76. The van der Waals surface area contributed by atoms with E-state index in [0.717, 1.165) is 12.8 Å². The van der Waals surface area contributed by atoms with Gasteiger partial charge in [-0.3, -0.25) is 4.79 Å². The predicted molar refractivity (Wildman–Crippen MR) is 85.6 cm³/mol. The van der Waals surface area contributed by atoms with E-state index in [1.807, 2.05) is 16.8 Å². The Morgan fingerprint density at radius 1 is 1.26 bits per heavy atom. The summed E-state index contributed by atoms with van der Waals surface area (Å²) in [5, 5.41) is 12.9. The Bertz CT molecular complexity index is 660. The van der Waals surface area contributed by atoms with Gasteiger partial charge in [0.1, 0.15) is 11.5 Å². The van der Waals surface area contributed by atoms with Crippen molar-refractivity contribution in [3.05, 3.63) is 59.7 Å². The molecule has 1 aliphatic rings. The number of rotatable bonds is 5. The van der Waals surface area contributed by atoms with Gasteiger partial charge in [0.2, 0.25) is 0 Å². The molecule has 1 saturated carbocycles. The van der Waals surface area contributed by atoms with Gasteiger partial charge in [0, 0.05) is 18.8 Å². The summed E-state index contributed by atoms with van der Waals surface area (Å²) in [6.45, 7) is 0.0975. The number of carbonyl (C=O) groups excluding carboxylic acids is 1. The van der Waals surface area contributed by atoms with Crippen molar-refractivity contribution < 1.29 is 14.3 Å². The molecule has 1 unspecified atom stereocenters. The second-order valence-electron chi connectivity index (χ2n) is 6.02. The van der Waals surface area contributed by atoms with Crippen LogP contribution in [0, 0.1) is 5.82 Å². The highest BCUT2D eigenvalue weighted by molar-refractivity contribution is 5.92. The van der Waals surface area contributed by atoms with Crippen molar-refractivity contribution in [1.82, 2.24) is 9.88 Å². The highest BCUT2D eigenvalue weighted by Crippen LogP contribution is 2.30. The van der Waals surface area contributed by atoms with E-state index in [2.05, 4.69) is 5.32 Å². The topological polar surface area (TPSA) is 54.3 Å². The Morgan fingerprint density at radius 3 is 2.65 bits per heavy atom. The van der Waals surface area contributed by atoms with Crippen molar-refractivity contribution in [2.24, 2.45) is 0 Å². The van der Waals surface area contributed by atoms with E-state index in [9.17, 15) is 14.3 Å². The summed E-state index contributed by atoms with van der Waals surface area (Å²) in [6.07, 6.45) is 5.71. The number of amides is 1. The first kappa shape index (κ1) is 15.7. The van der Waals surface area contributed by atoms with Crippen molar-refractivity contribution >= 4 is 5.91 Å². The number of halogens is 1. The molecule has 0 spiro atoms. The summed E-state index contributed by atoms with van der Waals surface area (Å²) in [6, 6.07) is 9.72. The fourth-order valence-corrected chi connectivity index (χ4v) is 3.17. The van der Waals surface area contributed by atoms with Crippen LogP contribution in [0.2, 0.25) is 0 Å². The normalized spacial score (nSPS) is 16.4. The molecular formula is C18H21FN2O2. The van der Waals surface area contributed by atoms with Crippen LogP contribution in [0.5, 0.6) is 0 Å². The third-order valence-electron chi connectivity index (χ3n) is 4.44. The van der Waals surface area contributed by atoms with E-state index in [1.54, 1.807) is 6.07 Å². The molecule has 0 bridgehead atoms. The Hall–Kier alpha value is -2.14. The van der Waals surface area contributed by atoms with Crippen LogP contribution in [-0.4, -0.2) is 22.1 Å². The number of aromatic nitrogens is 1. The second-order valence-corrected chi connectivity index (χ2v) is 6.02. The molecule has 1 atom stereocenters. The van der Waals surface area contributed by atoms with Gasteiger partial charge >= 0.3 is 0 Å². The number of hydrogen-bond acceptors (Lipinski definition) is 2. The number of nitrogens with one attached hydrogen (secondary N) is 1. The summed E-state index contributed by atoms with van der Waals surface area (Å²) < 4.78 is 14.9. The number of hydrogen-bond donors (Lipinski definition) is 2. The molecule has 0 radical (unpaired) electrons. The van der Waals surface area contributed by atoms with Crippen LogP contribution in [0.25, 0.3) is 0 Å².